The van der Waals surface area contributed by atoms with Crippen molar-refractivity contribution >= 4 is 14.4 Å². The van der Waals surface area contributed by atoms with Crippen LogP contribution in [0.4, 0.5) is 4.79 Å². The van der Waals surface area contributed by atoms with E-state index in [0.717, 1.165) is 6.42 Å². The summed E-state index contributed by atoms with van der Waals surface area (Å²) in [5.74, 6) is 0.901. The monoisotopic (exact) mass is 301 g/mol. The van der Waals surface area contributed by atoms with Gasteiger partial charge >= 0.3 is 6.09 Å². The maximum Gasteiger partial charge on any atom is 0.404 e. The molecular weight excluding hydrogens is 274 g/mol. The predicted octanol–water partition coefficient (Wildman–Crippen LogP) is 2.68. The van der Waals surface area contributed by atoms with Gasteiger partial charge in [-0.3, -0.25) is 0 Å². The van der Waals surface area contributed by atoms with Gasteiger partial charge in [-0.2, -0.15) is 0 Å². The molecule has 0 radical (unpaired) electrons. The molecule has 3 unspecified atom stereocenters. The number of hydrogen-bond acceptors (Lipinski definition) is 3. The number of hydrogen-bond donors (Lipinski definition) is 2. The number of carboxylic acid groups (broad SMARTS) is 1. The van der Waals surface area contributed by atoms with Crippen LogP contribution in [0, 0.1) is 11.8 Å². The van der Waals surface area contributed by atoms with E-state index in [1.165, 1.54) is 0 Å². The number of carbonyl (C=O) groups is 1. The van der Waals surface area contributed by atoms with Crippen molar-refractivity contribution in [2.45, 2.75) is 57.5 Å². The van der Waals surface area contributed by atoms with Gasteiger partial charge in [-0.25, -0.2) is 4.79 Å². The molecule has 2 N–H and O–H groups in total. The Labute approximate surface area is 122 Å². The summed E-state index contributed by atoms with van der Waals surface area (Å²) < 4.78 is 12.0. The van der Waals surface area contributed by atoms with Gasteiger partial charge in [0.2, 0.25) is 0 Å². The Morgan fingerprint density at radius 3 is 2.60 bits per heavy atom. The average Bonchev–Trinajstić information content (AvgIpc) is 3.06. The van der Waals surface area contributed by atoms with E-state index in [1.807, 2.05) is 0 Å². The summed E-state index contributed by atoms with van der Waals surface area (Å²) in [7, 11) is -1.73. The summed E-state index contributed by atoms with van der Waals surface area (Å²) in [5, 5.41) is 11.5. The van der Waals surface area contributed by atoms with Gasteiger partial charge in [0.1, 0.15) is 0 Å². The highest BCUT2D eigenvalue weighted by Crippen LogP contribution is 2.48. The smallest absolute Gasteiger partial charge is 0.404 e. The SMILES string of the molecule is CC(C)(C)[Si](C)(C)OC[C@H]1OCC(NC(=O)O)C2CC21. The zero-order valence-electron chi connectivity index (χ0n) is 13.1. The van der Waals surface area contributed by atoms with Gasteiger partial charge < -0.3 is 19.6 Å². The van der Waals surface area contributed by atoms with Crippen LogP contribution in [0.2, 0.25) is 18.1 Å². The molecule has 0 aromatic carbocycles. The van der Waals surface area contributed by atoms with E-state index in [1.54, 1.807) is 0 Å². The maximum absolute atomic E-state index is 10.7. The van der Waals surface area contributed by atoms with E-state index in [9.17, 15) is 4.79 Å². The van der Waals surface area contributed by atoms with Crippen molar-refractivity contribution in [2.24, 2.45) is 11.8 Å². The Morgan fingerprint density at radius 1 is 1.40 bits per heavy atom. The molecule has 1 aliphatic heterocycles. The molecule has 1 heterocycles. The highest BCUT2D eigenvalue weighted by atomic mass is 28.4. The minimum Gasteiger partial charge on any atom is -0.465 e. The highest BCUT2D eigenvalue weighted by Gasteiger charge is 2.52. The number of rotatable bonds is 4. The predicted molar refractivity (Wildman–Crippen MR) is 79.4 cm³/mol. The van der Waals surface area contributed by atoms with Crippen LogP contribution >= 0.6 is 0 Å². The summed E-state index contributed by atoms with van der Waals surface area (Å²) in [6.45, 7) is 12.3. The molecule has 2 rings (SSSR count). The molecule has 0 aromatic rings. The fourth-order valence-electron chi connectivity index (χ4n) is 2.59. The molecule has 6 heteroatoms. The Bertz CT molecular complexity index is 380. The van der Waals surface area contributed by atoms with Crippen LogP contribution in [0.25, 0.3) is 0 Å². The van der Waals surface area contributed by atoms with E-state index >= 15 is 0 Å². The van der Waals surface area contributed by atoms with Crippen LogP contribution in [0.15, 0.2) is 0 Å². The van der Waals surface area contributed by atoms with Gasteiger partial charge in [0.05, 0.1) is 25.4 Å². The normalized spacial score (nSPS) is 33.5. The molecule has 2 aliphatic rings. The largest absolute Gasteiger partial charge is 0.465 e. The number of ether oxygens (including phenoxy) is 1. The Kier molecular flexibility index (Phi) is 4.19. The zero-order valence-corrected chi connectivity index (χ0v) is 14.1. The van der Waals surface area contributed by atoms with E-state index in [4.69, 9.17) is 14.3 Å². The number of amides is 1. The minimum absolute atomic E-state index is 0.0402. The molecule has 20 heavy (non-hydrogen) atoms. The van der Waals surface area contributed by atoms with Crippen molar-refractivity contribution < 1.29 is 19.1 Å². The molecule has 2 fully saturated rings. The molecule has 116 valence electrons. The van der Waals surface area contributed by atoms with Crippen molar-refractivity contribution in [3.63, 3.8) is 0 Å². The van der Waals surface area contributed by atoms with Gasteiger partial charge in [-0.05, 0) is 36.4 Å². The second-order valence-electron chi connectivity index (χ2n) is 7.56. The standard InChI is InChI=1S/C14H27NO4Si/c1-14(2,3)20(4,5)19-8-12-10-6-9(10)11(7-18-12)15-13(16)17/h9-12,15H,6-8H2,1-5H3,(H,16,17)/t9?,10?,11?,12-/m1/s1. The minimum atomic E-state index is -1.73. The lowest BCUT2D eigenvalue weighted by molar-refractivity contribution is -0.0356. The van der Waals surface area contributed by atoms with Gasteiger partial charge in [-0.15, -0.1) is 0 Å². The Balaban J connectivity index is 1.82. The van der Waals surface area contributed by atoms with Gasteiger partial charge in [-0.1, -0.05) is 20.8 Å². The van der Waals surface area contributed by atoms with Gasteiger partial charge in [0, 0.05) is 0 Å². The lowest BCUT2D eigenvalue weighted by atomic mass is 10.1. The van der Waals surface area contributed by atoms with Crippen LogP contribution in [0.1, 0.15) is 27.2 Å². The molecule has 1 saturated carbocycles. The van der Waals surface area contributed by atoms with E-state index < -0.39 is 14.4 Å². The summed E-state index contributed by atoms with van der Waals surface area (Å²) in [6, 6.07) is -0.0402. The first-order chi connectivity index (χ1) is 9.12. The molecule has 0 bridgehead atoms. The van der Waals surface area contributed by atoms with E-state index in [2.05, 4.69) is 39.2 Å². The van der Waals surface area contributed by atoms with Crippen molar-refractivity contribution in [2.75, 3.05) is 13.2 Å². The molecular formula is C14H27NO4Si. The lowest BCUT2D eigenvalue weighted by Crippen LogP contribution is -2.47. The lowest BCUT2D eigenvalue weighted by Gasteiger charge is -2.38. The van der Waals surface area contributed by atoms with Gasteiger partial charge in [0.15, 0.2) is 8.32 Å². The number of nitrogens with one attached hydrogen (secondary N) is 1. The van der Waals surface area contributed by atoms with Crippen LogP contribution in [0.5, 0.6) is 0 Å². The fraction of sp³-hybridized carbons (Fsp3) is 0.929. The van der Waals surface area contributed by atoms with Crippen molar-refractivity contribution in [3.8, 4) is 0 Å². The van der Waals surface area contributed by atoms with Crippen LogP contribution in [-0.4, -0.2) is 44.9 Å². The Hall–Kier alpha value is -0.593. The molecule has 1 amide bonds. The summed E-state index contributed by atoms with van der Waals surface area (Å²) in [4.78, 5) is 10.7. The highest BCUT2D eigenvalue weighted by molar-refractivity contribution is 6.74. The maximum atomic E-state index is 10.7. The zero-order chi connectivity index (χ0) is 15.1. The van der Waals surface area contributed by atoms with E-state index in [0.29, 0.717) is 25.0 Å². The summed E-state index contributed by atoms with van der Waals surface area (Å²) in [5.41, 5.74) is 0. The molecule has 4 atom stereocenters. The number of fused-ring (bicyclic) bond motifs is 1. The second kappa shape index (κ2) is 5.31. The first kappa shape index (κ1) is 15.8. The van der Waals surface area contributed by atoms with Crippen LogP contribution in [-0.2, 0) is 9.16 Å². The fourth-order valence-corrected chi connectivity index (χ4v) is 3.60. The molecule has 0 aromatic heterocycles. The third-order valence-corrected chi connectivity index (χ3v) is 9.60. The molecule has 1 aliphatic carbocycles. The third kappa shape index (κ3) is 3.35. The van der Waals surface area contributed by atoms with E-state index in [-0.39, 0.29) is 17.2 Å². The van der Waals surface area contributed by atoms with Gasteiger partial charge in [0.25, 0.3) is 0 Å². The van der Waals surface area contributed by atoms with Crippen LogP contribution < -0.4 is 5.32 Å². The van der Waals surface area contributed by atoms with Crippen LogP contribution in [0.3, 0.4) is 0 Å². The Morgan fingerprint density at radius 2 is 2.05 bits per heavy atom. The quantitative estimate of drug-likeness (QED) is 0.783. The van der Waals surface area contributed by atoms with Crippen molar-refractivity contribution in [1.82, 2.24) is 5.32 Å². The molecule has 1 saturated heterocycles. The third-order valence-electron chi connectivity index (χ3n) is 5.10. The first-order valence-electron chi connectivity index (χ1n) is 7.37. The summed E-state index contributed by atoms with van der Waals surface area (Å²) >= 11 is 0. The van der Waals surface area contributed by atoms with Crippen molar-refractivity contribution in [1.29, 1.82) is 0 Å². The van der Waals surface area contributed by atoms with Crippen molar-refractivity contribution in [3.05, 3.63) is 0 Å². The second-order valence-corrected chi connectivity index (χ2v) is 12.4. The average molecular weight is 301 g/mol. The summed E-state index contributed by atoms with van der Waals surface area (Å²) in [6.07, 6.45) is 0.234. The topological polar surface area (TPSA) is 67.8 Å². The molecule has 0 spiro atoms. The molecule has 5 nitrogen and oxygen atoms in total. The first-order valence-corrected chi connectivity index (χ1v) is 10.3.